The molecule has 2 aromatic rings. The molecule has 0 N–H and O–H groups in total. The van der Waals surface area contributed by atoms with Gasteiger partial charge in [-0.25, -0.2) is 0 Å². The zero-order valence-corrected chi connectivity index (χ0v) is 12.2. The predicted octanol–water partition coefficient (Wildman–Crippen LogP) is 3.95. The minimum atomic E-state index is -0.112. The van der Waals surface area contributed by atoms with Gasteiger partial charge in [-0.3, -0.25) is 0 Å². The van der Waals surface area contributed by atoms with Gasteiger partial charge in [-0.2, -0.15) is 0 Å². The van der Waals surface area contributed by atoms with Crippen LogP contribution in [-0.2, 0) is 17.8 Å². The first kappa shape index (κ1) is 14.0. The summed E-state index contributed by atoms with van der Waals surface area (Å²) in [6.07, 6.45) is 1.74. The summed E-state index contributed by atoms with van der Waals surface area (Å²) in [6, 6.07) is 16.2. The van der Waals surface area contributed by atoms with Gasteiger partial charge in [-0.05, 0) is 42.7 Å². The van der Waals surface area contributed by atoms with E-state index in [1.807, 2.05) is 37.3 Å². The second-order valence-electron chi connectivity index (χ2n) is 5.09. The van der Waals surface area contributed by atoms with Crippen molar-refractivity contribution in [2.75, 3.05) is 6.61 Å². The van der Waals surface area contributed by atoms with E-state index in [9.17, 15) is 0 Å². The maximum absolute atomic E-state index is 5.85. The van der Waals surface area contributed by atoms with Crippen LogP contribution in [0.25, 0.3) is 0 Å². The molecule has 0 aromatic heterocycles. The topological polar surface area (TPSA) is 27.7 Å². The third-order valence-corrected chi connectivity index (χ3v) is 3.54. The standard InChI is InChI=1S/C18H20O3/c1-2-19-18-11-8-15-12-16(9-10-17(15)21-18)20-13-14-6-4-3-5-7-14/h3-7,9-10,12,18H,2,8,11,13H2,1H3. The van der Waals surface area contributed by atoms with E-state index in [1.165, 1.54) is 11.1 Å². The lowest BCUT2D eigenvalue weighted by atomic mass is 10.1. The molecule has 1 unspecified atom stereocenters. The zero-order chi connectivity index (χ0) is 14.5. The molecule has 1 atom stereocenters. The van der Waals surface area contributed by atoms with Gasteiger partial charge in [0.1, 0.15) is 18.1 Å². The molecule has 2 aromatic carbocycles. The number of aryl methyl sites for hydroxylation is 1. The van der Waals surface area contributed by atoms with Crippen LogP contribution < -0.4 is 9.47 Å². The molecule has 1 aliphatic heterocycles. The highest BCUT2D eigenvalue weighted by atomic mass is 16.7. The molecule has 0 amide bonds. The molecular formula is C18H20O3. The minimum absolute atomic E-state index is 0.112. The van der Waals surface area contributed by atoms with Crippen LogP contribution in [0.2, 0.25) is 0 Å². The lowest BCUT2D eigenvalue weighted by Gasteiger charge is -2.26. The van der Waals surface area contributed by atoms with Crippen LogP contribution in [0.3, 0.4) is 0 Å². The van der Waals surface area contributed by atoms with E-state index in [0.29, 0.717) is 13.2 Å². The number of fused-ring (bicyclic) bond motifs is 1. The van der Waals surface area contributed by atoms with Crippen LogP contribution in [0.4, 0.5) is 0 Å². The second-order valence-corrected chi connectivity index (χ2v) is 5.09. The molecule has 21 heavy (non-hydrogen) atoms. The van der Waals surface area contributed by atoms with E-state index in [4.69, 9.17) is 14.2 Å². The summed E-state index contributed by atoms with van der Waals surface area (Å²) < 4.78 is 17.2. The summed E-state index contributed by atoms with van der Waals surface area (Å²) in [5, 5.41) is 0. The van der Waals surface area contributed by atoms with Crippen molar-refractivity contribution in [1.82, 2.24) is 0 Å². The maximum Gasteiger partial charge on any atom is 0.200 e. The van der Waals surface area contributed by atoms with Crippen LogP contribution in [0.5, 0.6) is 11.5 Å². The van der Waals surface area contributed by atoms with E-state index >= 15 is 0 Å². The molecule has 3 nitrogen and oxygen atoms in total. The van der Waals surface area contributed by atoms with E-state index in [-0.39, 0.29) is 6.29 Å². The summed E-state index contributed by atoms with van der Waals surface area (Å²) in [7, 11) is 0. The fourth-order valence-corrected chi connectivity index (χ4v) is 2.47. The Morgan fingerprint density at radius 2 is 2.00 bits per heavy atom. The van der Waals surface area contributed by atoms with E-state index in [1.54, 1.807) is 0 Å². The maximum atomic E-state index is 5.85. The van der Waals surface area contributed by atoms with Crippen molar-refractivity contribution >= 4 is 0 Å². The average molecular weight is 284 g/mol. The van der Waals surface area contributed by atoms with E-state index in [2.05, 4.69) is 18.2 Å². The summed E-state index contributed by atoms with van der Waals surface area (Å²) in [4.78, 5) is 0. The van der Waals surface area contributed by atoms with Gasteiger partial charge in [0.25, 0.3) is 0 Å². The van der Waals surface area contributed by atoms with Crippen LogP contribution in [-0.4, -0.2) is 12.9 Å². The number of benzene rings is 2. The van der Waals surface area contributed by atoms with E-state index in [0.717, 1.165) is 24.3 Å². The third kappa shape index (κ3) is 3.56. The highest BCUT2D eigenvalue weighted by molar-refractivity contribution is 5.41. The summed E-state index contributed by atoms with van der Waals surface area (Å²) >= 11 is 0. The molecule has 1 aliphatic rings. The lowest BCUT2D eigenvalue weighted by molar-refractivity contribution is -0.0861. The Morgan fingerprint density at radius 3 is 2.81 bits per heavy atom. The van der Waals surface area contributed by atoms with Gasteiger partial charge in [-0.1, -0.05) is 30.3 Å². The van der Waals surface area contributed by atoms with Gasteiger partial charge >= 0.3 is 0 Å². The fraction of sp³-hybridized carbons (Fsp3) is 0.333. The average Bonchev–Trinajstić information content (AvgIpc) is 2.54. The molecule has 0 fully saturated rings. The van der Waals surface area contributed by atoms with E-state index < -0.39 is 0 Å². The quantitative estimate of drug-likeness (QED) is 0.832. The summed E-state index contributed by atoms with van der Waals surface area (Å²) in [5.74, 6) is 1.79. The molecule has 0 spiro atoms. The molecule has 1 heterocycles. The van der Waals surface area contributed by atoms with Crippen molar-refractivity contribution < 1.29 is 14.2 Å². The smallest absolute Gasteiger partial charge is 0.200 e. The van der Waals surface area contributed by atoms with Crippen LogP contribution in [0.15, 0.2) is 48.5 Å². The molecule has 0 radical (unpaired) electrons. The van der Waals surface area contributed by atoms with Crippen molar-refractivity contribution in [3.8, 4) is 11.5 Å². The monoisotopic (exact) mass is 284 g/mol. The SMILES string of the molecule is CCOC1CCc2cc(OCc3ccccc3)ccc2O1. The van der Waals surface area contributed by atoms with Crippen molar-refractivity contribution in [1.29, 1.82) is 0 Å². The Labute approximate surface area is 125 Å². The summed E-state index contributed by atoms with van der Waals surface area (Å²) in [6.45, 7) is 3.25. The van der Waals surface area contributed by atoms with Gasteiger partial charge in [0.05, 0.1) is 0 Å². The van der Waals surface area contributed by atoms with Gasteiger partial charge in [0.15, 0.2) is 6.29 Å². The predicted molar refractivity (Wildman–Crippen MR) is 81.6 cm³/mol. The Balaban J connectivity index is 1.64. The second kappa shape index (κ2) is 6.64. The van der Waals surface area contributed by atoms with Gasteiger partial charge in [0.2, 0.25) is 0 Å². The summed E-state index contributed by atoms with van der Waals surface area (Å²) in [5.41, 5.74) is 2.36. The Hall–Kier alpha value is -2.00. The molecule has 3 heteroatoms. The molecule has 0 saturated carbocycles. The van der Waals surface area contributed by atoms with Crippen LogP contribution >= 0.6 is 0 Å². The van der Waals surface area contributed by atoms with Crippen molar-refractivity contribution in [3.05, 3.63) is 59.7 Å². The first-order valence-electron chi connectivity index (χ1n) is 7.43. The van der Waals surface area contributed by atoms with Crippen LogP contribution in [0.1, 0.15) is 24.5 Å². The molecule has 0 aliphatic carbocycles. The lowest BCUT2D eigenvalue weighted by Crippen LogP contribution is -2.25. The first-order valence-corrected chi connectivity index (χ1v) is 7.43. The molecule has 0 bridgehead atoms. The number of rotatable bonds is 5. The third-order valence-electron chi connectivity index (χ3n) is 3.54. The first-order chi connectivity index (χ1) is 10.3. The van der Waals surface area contributed by atoms with Gasteiger partial charge in [-0.15, -0.1) is 0 Å². The van der Waals surface area contributed by atoms with Crippen molar-refractivity contribution in [2.24, 2.45) is 0 Å². The molecular weight excluding hydrogens is 264 g/mol. The minimum Gasteiger partial charge on any atom is -0.489 e. The molecule has 110 valence electrons. The number of hydrogen-bond acceptors (Lipinski definition) is 3. The highest BCUT2D eigenvalue weighted by Crippen LogP contribution is 2.31. The Kier molecular flexibility index (Phi) is 4.41. The fourth-order valence-electron chi connectivity index (χ4n) is 2.47. The van der Waals surface area contributed by atoms with Crippen molar-refractivity contribution in [3.63, 3.8) is 0 Å². The number of ether oxygens (including phenoxy) is 3. The Bertz CT molecular complexity index is 580. The normalized spacial score (nSPS) is 16.9. The van der Waals surface area contributed by atoms with Gasteiger partial charge < -0.3 is 14.2 Å². The molecule has 3 rings (SSSR count). The van der Waals surface area contributed by atoms with Crippen molar-refractivity contribution in [2.45, 2.75) is 32.7 Å². The largest absolute Gasteiger partial charge is 0.489 e. The zero-order valence-electron chi connectivity index (χ0n) is 12.2. The van der Waals surface area contributed by atoms with Crippen LogP contribution in [0, 0.1) is 0 Å². The van der Waals surface area contributed by atoms with Gasteiger partial charge in [0, 0.05) is 13.0 Å². The number of hydrogen-bond donors (Lipinski definition) is 0. The molecule has 0 saturated heterocycles. The highest BCUT2D eigenvalue weighted by Gasteiger charge is 2.20. The Morgan fingerprint density at radius 1 is 1.14 bits per heavy atom.